The first kappa shape index (κ1) is 34.1. The molecule has 0 unspecified atom stereocenters. The molecule has 0 saturated heterocycles. The van der Waals surface area contributed by atoms with Gasteiger partial charge in [0.1, 0.15) is 0 Å². The molecule has 0 fully saturated rings. The Hall–Kier alpha value is -6.74. The van der Waals surface area contributed by atoms with E-state index in [0.717, 1.165) is 17.1 Å². The standard InChI is InChI=1S/C53H39NS/c1-3-43(33-30-37(2)41-20-13-21-42(36-41)46-25-14-19-40-18-7-8-22-45(40)46)54(44-34-31-39(32-35-44)38-16-5-4-6-17-38)50-27-11-9-23-47(50)48-26-15-29-52-53(48)49-24-10-12-28-51(49)55-52/h3-36H,1H2,2H3/b37-30+,43-33+. The molecule has 2 heteroatoms. The summed E-state index contributed by atoms with van der Waals surface area (Å²) in [6, 6.07) is 67.6. The van der Waals surface area contributed by atoms with Crippen LogP contribution in [0, 0.1) is 0 Å². The van der Waals surface area contributed by atoms with Crippen LogP contribution in [0.15, 0.2) is 219 Å². The number of para-hydroxylation sites is 1. The minimum atomic E-state index is 0.979. The molecule has 1 nitrogen and oxygen atoms in total. The topological polar surface area (TPSA) is 3.24 Å². The van der Waals surface area contributed by atoms with Crippen molar-refractivity contribution in [1.82, 2.24) is 0 Å². The van der Waals surface area contributed by atoms with Gasteiger partial charge >= 0.3 is 0 Å². The van der Waals surface area contributed by atoms with Crippen molar-refractivity contribution in [2.24, 2.45) is 0 Å². The highest BCUT2D eigenvalue weighted by molar-refractivity contribution is 7.25. The Kier molecular flexibility index (Phi) is 9.25. The van der Waals surface area contributed by atoms with E-state index in [-0.39, 0.29) is 0 Å². The van der Waals surface area contributed by atoms with Crippen molar-refractivity contribution in [3.63, 3.8) is 0 Å². The maximum absolute atomic E-state index is 4.38. The largest absolute Gasteiger partial charge is 0.310 e. The molecule has 0 amide bonds. The molecule has 1 aromatic heterocycles. The number of hydrogen-bond acceptors (Lipinski definition) is 2. The van der Waals surface area contributed by atoms with E-state index in [9.17, 15) is 0 Å². The summed E-state index contributed by atoms with van der Waals surface area (Å²) in [5.41, 5.74) is 12.7. The number of rotatable bonds is 9. The Bertz CT molecular complexity index is 2890. The highest BCUT2D eigenvalue weighted by Gasteiger charge is 2.20. The van der Waals surface area contributed by atoms with E-state index < -0.39 is 0 Å². The van der Waals surface area contributed by atoms with Gasteiger partial charge in [0.05, 0.1) is 5.69 Å². The van der Waals surface area contributed by atoms with E-state index in [1.165, 1.54) is 75.5 Å². The van der Waals surface area contributed by atoms with Crippen LogP contribution in [-0.2, 0) is 0 Å². The third kappa shape index (κ3) is 6.58. The quantitative estimate of drug-likeness (QED) is 0.134. The highest BCUT2D eigenvalue weighted by atomic mass is 32.1. The Morgan fingerprint density at radius 3 is 1.98 bits per heavy atom. The lowest BCUT2D eigenvalue weighted by atomic mass is 9.95. The maximum Gasteiger partial charge on any atom is 0.0540 e. The minimum Gasteiger partial charge on any atom is -0.310 e. The summed E-state index contributed by atoms with van der Waals surface area (Å²) >= 11 is 1.85. The lowest BCUT2D eigenvalue weighted by Gasteiger charge is -2.29. The van der Waals surface area contributed by atoms with Gasteiger partial charge in [0.2, 0.25) is 0 Å². The summed E-state index contributed by atoms with van der Waals surface area (Å²) in [4.78, 5) is 2.35. The van der Waals surface area contributed by atoms with Gasteiger partial charge in [0, 0.05) is 37.1 Å². The fraction of sp³-hybridized carbons (Fsp3) is 0.0189. The van der Waals surface area contributed by atoms with Gasteiger partial charge in [-0.25, -0.2) is 0 Å². The van der Waals surface area contributed by atoms with E-state index in [0.29, 0.717) is 0 Å². The van der Waals surface area contributed by atoms with Gasteiger partial charge in [-0.15, -0.1) is 11.3 Å². The molecule has 55 heavy (non-hydrogen) atoms. The number of benzene rings is 8. The molecule has 0 atom stereocenters. The second kappa shape index (κ2) is 14.9. The van der Waals surface area contributed by atoms with Crippen LogP contribution in [0.3, 0.4) is 0 Å². The second-order valence-corrected chi connectivity index (χ2v) is 14.9. The predicted molar refractivity (Wildman–Crippen MR) is 240 cm³/mol. The van der Waals surface area contributed by atoms with Crippen LogP contribution < -0.4 is 4.90 Å². The van der Waals surface area contributed by atoms with Crippen molar-refractivity contribution >= 4 is 59.2 Å². The molecular formula is C53H39NS. The SMILES string of the molecule is C=C/C(=C\C=C(/C)c1cccc(-c2cccc3ccccc23)c1)N(c1ccc(-c2ccccc2)cc1)c1ccccc1-c1cccc2sc3ccccc3c12. The molecule has 0 spiro atoms. The first-order valence-electron chi connectivity index (χ1n) is 18.7. The van der Waals surface area contributed by atoms with Crippen molar-refractivity contribution in [3.8, 4) is 33.4 Å². The zero-order valence-corrected chi connectivity index (χ0v) is 31.5. The van der Waals surface area contributed by atoms with Gasteiger partial charge in [-0.3, -0.25) is 0 Å². The van der Waals surface area contributed by atoms with Crippen molar-refractivity contribution in [2.75, 3.05) is 4.90 Å². The Morgan fingerprint density at radius 2 is 1.13 bits per heavy atom. The first-order chi connectivity index (χ1) is 27.2. The predicted octanol–water partition coefficient (Wildman–Crippen LogP) is 15.5. The highest BCUT2D eigenvalue weighted by Crippen LogP contribution is 2.45. The smallest absolute Gasteiger partial charge is 0.0540 e. The molecule has 1 heterocycles. The molecule has 8 aromatic carbocycles. The van der Waals surface area contributed by atoms with Crippen LogP contribution in [0.25, 0.3) is 69.9 Å². The molecule has 0 aliphatic carbocycles. The average molecular weight is 722 g/mol. The second-order valence-electron chi connectivity index (χ2n) is 13.8. The molecule has 0 aliphatic heterocycles. The summed E-state index contributed by atoms with van der Waals surface area (Å²) < 4.78 is 2.59. The number of hydrogen-bond donors (Lipinski definition) is 0. The van der Waals surface area contributed by atoms with E-state index in [1.807, 2.05) is 17.4 Å². The maximum atomic E-state index is 4.38. The van der Waals surface area contributed by atoms with Gasteiger partial charge in [-0.2, -0.15) is 0 Å². The number of thiophene rings is 1. The number of anilines is 2. The van der Waals surface area contributed by atoms with Crippen LogP contribution in [0.2, 0.25) is 0 Å². The fourth-order valence-corrected chi connectivity index (χ4v) is 8.84. The monoisotopic (exact) mass is 721 g/mol. The van der Waals surface area contributed by atoms with Crippen molar-refractivity contribution < 1.29 is 0 Å². The Balaban J connectivity index is 1.17. The summed E-state index contributed by atoms with van der Waals surface area (Å²) in [6.07, 6.45) is 6.40. The van der Waals surface area contributed by atoms with Gasteiger partial charge in [0.15, 0.2) is 0 Å². The first-order valence-corrected chi connectivity index (χ1v) is 19.5. The van der Waals surface area contributed by atoms with E-state index in [2.05, 4.69) is 219 Å². The van der Waals surface area contributed by atoms with Gasteiger partial charge in [-0.1, -0.05) is 164 Å². The summed E-state index contributed by atoms with van der Waals surface area (Å²) in [7, 11) is 0. The number of allylic oxidation sites excluding steroid dienone is 4. The summed E-state index contributed by atoms with van der Waals surface area (Å²) in [5, 5.41) is 5.09. The summed E-state index contributed by atoms with van der Waals surface area (Å²) in [6.45, 7) is 6.57. The summed E-state index contributed by atoms with van der Waals surface area (Å²) in [5.74, 6) is 0. The van der Waals surface area contributed by atoms with Gasteiger partial charge < -0.3 is 4.90 Å². The normalized spacial score (nSPS) is 12.0. The van der Waals surface area contributed by atoms with Crippen LogP contribution in [-0.4, -0.2) is 0 Å². The molecule has 0 bridgehead atoms. The van der Waals surface area contributed by atoms with Crippen LogP contribution >= 0.6 is 11.3 Å². The minimum absolute atomic E-state index is 0.979. The third-order valence-corrected chi connectivity index (χ3v) is 11.6. The van der Waals surface area contributed by atoms with Crippen molar-refractivity contribution in [1.29, 1.82) is 0 Å². The van der Waals surface area contributed by atoms with Crippen molar-refractivity contribution in [2.45, 2.75) is 6.92 Å². The third-order valence-electron chi connectivity index (χ3n) is 10.5. The molecule has 0 aliphatic rings. The van der Waals surface area contributed by atoms with Crippen LogP contribution in [0.1, 0.15) is 12.5 Å². The lowest BCUT2D eigenvalue weighted by Crippen LogP contribution is -2.16. The molecular weight excluding hydrogens is 683 g/mol. The average Bonchev–Trinajstić information content (AvgIpc) is 3.64. The van der Waals surface area contributed by atoms with Gasteiger partial charge in [-0.05, 0) is 105 Å². The Labute approximate surface area is 327 Å². The van der Waals surface area contributed by atoms with Crippen LogP contribution in [0.5, 0.6) is 0 Å². The zero-order valence-electron chi connectivity index (χ0n) is 30.7. The van der Waals surface area contributed by atoms with E-state index in [4.69, 9.17) is 0 Å². The molecule has 0 radical (unpaired) electrons. The van der Waals surface area contributed by atoms with E-state index >= 15 is 0 Å². The lowest BCUT2D eigenvalue weighted by molar-refractivity contribution is 1.21. The number of nitrogens with zero attached hydrogens (tertiary/aromatic N) is 1. The number of fused-ring (bicyclic) bond motifs is 4. The zero-order chi connectivity index (χ0) is 37.1. The molecule has 0 N–H and O–H groups in total. The van der Waals surface area contributed by atoms with Gasteiger partial charge in [0.25, 0.3) is 0 Å². The fourth-order valence-electron chi connectivity index (χ4n) is 7.71. The van der Waals surface area contributed by atoms with E-state index in [1.54, 1.807) is 0 Å². The Morgan fingerprint density at radius 1 is 0.509 bits per heavy atom. The molecule has 9 rings (SSSR count). The molecule has 9 aromatic rings. The van der Waals surface area contributed by atoms with Crippen molar-refractivity contribution in [3.05, 3.63) is 224 Å². The van der Waals surface area contributed by atoms with Crippen LogP contribution in [0.4, 0.5) is 11.4 Å². The molecule has 0 saturated carbocycles. The molecule has 262 valence electrons.